The van der Waals surface area contributed by atoms with E-state index >= 15 is 0 Å². The molecule has 0 nitrogen and oxygen atoms in total. The van der Waals surface area contributed by atoms with Crippen molar-refractivity contribution >= 4 is 22.6 Å². The zero-order valence-corrected chi connectivity index (χ0v) is 10.2. The van der Waals surface area contributed by atoms with E-state index in [1.165, 1.54) is 22.6 Å². The Hall–Kier alpha value is 0.1000. The molecule has 0 amide bonds. The quantitative estimate of drug-likeness (QED) is 0.373. The van der Waals surface area contributed by atoms with Gasteiger partial charge in [-0.3, -0.25) is 0 Å². The van der Waals surface area contributed by atoms with Crippen molar-refractivity contribution in [2.45, 2.75) is 41.2 Å². The molecule has 0 heterocycles. The van der Waals surface area contributed by atoms with E-state index in [9.17, 15) is 39.5 Å². The van der Waals surface area contributed by atoms with Crippen LogP contribution >= 0.6 is 22.6 Å². The van der Waals surface area contributed by atoms with Gasteiger partial charge in [0.05, 0.1) is 0 Å². The van der Waals surface area contributed by atoms with Crippen LogP contribution in [0.2, 0.25) is 0 Å². The summed E-state index contributed by atoms with van der Waals surface area (Å²) in [7, 11) is 0. The first kappa shape index (κ1) is 17.1. The Bertz CT molecular complexity index is 267. The van der Waals surface area contributed by atoms with Gasteiger partial charge in [-0.1, -0.05) is 29.5 Å². The Morgan fingerprint density at radius 2 is 1.18 bits per heavy atom. The molecule has 0 aliphatic heterocycles. The first-order valence-electron chi connectivity index (χ1n) is 4.01. The minimum Gasteiger partial charge on any atom is -0.200 e. The number of hydrogen-bond donors (Lipinski definition) is 0. The van der Waals surface area contributed by atoms with Gasteiger partial charge in [0.25, 0.3) is 0 Å². The van der Waals surface area contributed by atoms with Crippen LogP contribution in [0.4, 0.5) is 39.5 Å². The second-order valence-corrected chi connectivity index (χ2v) is 5.46. The highest BCUT2D eigenvalue weighted by Crippen LogP contribution is 2.54. The van der Waals surface area contributed by atoms with Gasteiger partial charge in [-0.2, -0.15) is 39.5 Å². The van der Waals surface area contributed by atoms with Gasteiger partial charge in [0, 0.05) is 10.3 Å². The molecule has 0 bridgehead atoms. The summed E-state index contributed by atoms with van der Waals surface area (Å²) in [5, 5.41) is 0. The highest BCUT2D eigenvalue weighted by molar-refractivity contribution is 14.1. The van der Waals surface area contributed by atoms with Gasteiger partial charge < -0.3 is 0 Å². The van der Waals surface area contributed by atoms with Gasteiger partial charge in [-0.15, -0.1) is 0 Å². The largest absolute Gasteiger partial charge is 0.460 e. The third-order valence-corrected chi connectivity index (χ3v) is 2.19. The molecule has 0 aromatic heterocycles. The van der Waals surface area contributed by atoms with Crippen LogP contribution in [0, 0.1) is 0 Å². The number of alkyl halides is 10. The maximum absolute atomic E-state index is 12.7. The Morgan fingerprint density at radius 1 is 0.824 bits per heavy atom. The highest BCUT2D eigenvalue weighted by atomic mass is 127. The summed E-state index contributed by atoms with van der Waals surface area (Å²) < 4.78 is 109. The average Bonchev–Trinajstić information content (AvgIpc) is 1.98. The second kappa shape index (κ2) is 4.65. The van der Waals surface area contributed by atoms with Crippen molar-refractivity contribution in [1.29, 1.82) is 0 Å². The minimum absolute atomic E-state index is 0.982. The second-order valence-electron chi connectivity index (χ2n) is 3.34. The van der Waals surface area contributed by atoms with Crippen molar-refractivity contribution in [3.8, 4) is 0 Å². The van der Waals surface area contributed by atoms with E-state index in [1.807, 2.05) is 0 Å². The SMILES string of the molecule is CC(I)CC(F)(F)C(F)(F)C(F)(F)C(F)(F)F. The first-order valence-corrected chi connectivity index (χ1v) is 5.25. The molecular weight excluding hydrogens is 382 g/mol. The lowest BCUT2D eigenvalue weighted by atomic mass is 10.00. The summed E-state index contributed by atoms with van der Waals surface area (Å²) >= 11 is 1.22. The maximum atomic E-state index is 12.7. The fraction of sp³-hybridized carbons (Fsp3) is 1.00. The van der Waals surface area contributed by atoms with Crippen LogP contribution in [-0.4, -0.2) is 27.9 Å². The van der Waals surface area contributed by atoms with Gasteiger partial charge in [0.2, 0.25) is 0 Å². The molecule has 1 atom stereocenters. The van der Waals surface area contributed by atoms with E-state index in [1.54, 1.807) is 0 Å². The predicted octanol–water partition coefficient (Wildman–Crippen LogP) is 4.67. The van der Waals surface area contributed by atoms with Crippen molar-refractivity contribution in [3.63, 3.8) is 0 Å². The van der Waals surface area contributed by atoms with Gasteiger partial charge in [0.15, 0.2) is 0 Å². The van der Waals surface area contributed by atoms with Crippen LogP contribution < -0.4 is 0 Å². The Balaban J connectivity index is 5.39. The zero-order valence-electron chi connectivity index (χ0n) is 8.06. The van der Waals surface area contributed by atoms with Gasteiger partial charge in [-0.25, -0.2) is 0 Å². The molecule has 1 unspecified atom stereocenters. The Morgan fingerprint density at radius 3 is 1.41 bits per heavy atom. The molecule has 0 N–H and O–H groups in total. The van der Waals surface area contributed by atoms with Crippen LogP contribution in [0.5, 0.6) is 0 Å². The molecule has 0 fully saturated rings. The van der Waals surface area contributed by atoms with E-state index in [0.29, 0.717) is 0 Å². The smallest absolute Gasteiger partial charge is 0.200 e. The molecule has 0 aliphatic carbocycles. The van der Waals surface area contributed by atoms with E-state index in [4.69, 9.17) is 0 Å². The number of halogens is 10. The molecule has 0 spiro atoms. The summed E-state index contributed by atoms with van der Waals surface area (Å²) in [6.07, 6.45) is -8.53. The standard InChI is InChI=1S/C7H6F9I/c1-3(17)2-4(8,9)5(10,11)6(12,13)7(14,15)16/h3H,2H2,1H3. The van der Waals surface area contributed by atoms with Crippen molar-refractivity contribution in [2.75, 3.05) is 0 Å². The van der Waals surface area contributed by atoms with Crippen LogP contribution in [0.1, 0.15) is 13.3 Å². The van der Waals surface area contributed by atoms with Gasteiger partial charge in [0.1, 0.15) is 0 Å². The van der Waals surface area contributed by atoms with E-state index < -0.39 is 34.3 Å². The molecule has 0 saturated carbocycles. The molecular formula is C7H6F9I. The topological polar surface area (TPSA) is 0 Å². The van der Waals surface area contributed by atoms with Crippen molar-refractivity contribution in [1.82, 2.24) is 0 Å². The van der Waals surface area contributed by atoms with Crippen molar-refractivity contribution < 1.29 is 39.5 Å². The lowest BCUT2D eigenvalue weighted by Crippen LogP contribution is -2.61. The fourth-order valence-corrected chi connectivity index (χ4v) is 1.44. The summed E-state index contributed by atoms with van der Waals surface area (Å²) in [6, 6.07) is 0. The van der Waals surface area contributed by atoms with Crippen LogP contribution in [0.25, 0.3) is 0 Å². The number of hydrogen-bond acceptors (Lipinski definition) is 0. The van der Waals surface area contributed by atoms with Crippen molar-refractivity contribution in [3.05, 3.63) is 0 Å². The van der Waals surface area contributed by atoms with E-state index in [-0.39, 0.29) is 0 Å². The van der Waals surface area contributed by atoms with Crippen molar-refractivity contribution in [2.24, 2.45) is 0 Å². The molecule has 10 heteroatoms. The van der Waals surface area contributed by atoms with E-state index in [0.717, 1.165) is 6.92 Å². The normalized spacial score (nSPS) is 17.1. The lowest BCUT2D eigenvalue weighted by Gasteiger charge is -2.34. The monoisotopic (exact) mass is 388 g/mol. The third kappa shape index (κ3) is 3.11. The van der Waals surface area contributed by atoms with Crippen LogP contribution in [0.3, 0.4) is 0 Å². The zero-order chi connectivity index (χ0) is 14.3. The summed E-state index contributed by atoms with van der Waals surface area (Å²) in [5.41, 5.74) is 0. The third-order valence-electron chi connectivity index (χ3n) is 1.75. The fourth-order valence-electron chi connectivity index (χ4n) is 0.889. The molecule has 0 rings (SSSR count). The van der Waals surface area contributed by atoms with E-state index in [2.05, 4.69) is 0 Å². The highest BCUT2D eigenvalue weighted by Gasteiger charge is 2.81. The number of rotatable bonds is 4. The Kier molecular flexibility index (Phi) is 4.68. The average molecular weight is 388 g/mol. The first-order chi connectivity index (χ1) is 7.17. The molecule has 104 valence electrons. The summed E-state index contributed by atoms with van der Waals surface area (Å²) in [5.74, 6) is -18.7. The predicted molar refractivity (Wildman–Crippen MR) is 49.0 cm³/mol. The van der Waals surface area contributed by atoms with Crippen LogP contribution in [-0.2, 0) is 0 Å². The van der Waals surface area contributed by atoms with Gasteiger partial charge in [-0.05, 0) is 0 Å². The molecule has 0 aliphatic rings. The Labute approximate surface area is 104 Å². The van der Waals surface area contributed by atoms with Crippen LogP contribution in [0.15, 0.2) is 0 Å². The summed E-state index contributed by atoms with van der Waals surface area (Å²) in [6.45, 7) is 0.982. The maximum Gasteiger partial charge on any atom is 0.460 e. The molecule has 0 aromatic rings. The minimum atomic E-state index is -6.78. The molecule has 0 aromatic carbocycles. The molecule has 0 radical (unpaired) electrons. The lowest BCUT2D eigenvalue weighted by molar-refractivity contribution is -0.396. The van der Waals surface area contributed by atoms with Gasteiger partial charge >= 0.3 is 23.9 Å². The molecule has 0 saturated heterocycles. The molecule has 17 heavy (non-hydrogen) atoms. The summed E-state index contributed by atoms with van der Waals surface area (Å²) in [4.78, 5) is 0.